The molecule has 1 atom stereocenters. The van der Waals surface area contributed by atoms with Crippen molar-refractivity contribution in [1.29, 1.82) is 0 Å². The Balaban J connectivity index is 2.29. The second-order valence-corrected chi connectivity index (χ2v) is 6.21. The largest absolute Gasteiger partial charge is 0.573 e. The molecule has 1 unspecified atom stereocenters. The van der Waals surface area contributed by atoms with Crippen LogP contribution in [0.15, 0.2) is 12.3 Å². The molecule has 1 aliphatic rings. The number of aliphatic hydroxyl groups excluding tert-OH is 1. The molecule has 0 saturated heterocycles. The molecule has 1 amide bonds. The number of hydrogen-bond donors (Lipinski definition) is 2. The molecule has 9 heteroatoms. The van der Waals surface area contributed by atoms with Crippen LogP contribution in [0.4, 0.5) is 5.69 Å². The molecule has 0 aromatic carbocycles. The summed E-state index contributed by atoms with van der Waals surface area (Å²) in [5.74, 6) is -0.269. The minimum Gasteiger partial charge on any atom is -0.573 e. The van der Waals surface area contributed by atoms with Crippen molar-refractivity contribution in [2.45, 2.75) is 19.4 Å². The Hall–Kier alpha value is -1.76. The normalized spacial score (nSPS) is 15.0. The lowest BCUT2D eigenvalue weighted by Crippen LogP contribution is -2.46. The van der Waals surface area contributed by atoms with E-state index in [1.54, 1.807) is 13.8 Å². The summed E-state index contributed by atoms with van der Waals surface area (Å²) in [7, 11) is -2.83. The fourth-order valence-electron chi connectivity index (χ4n) is 1.80. The maximum atomic E-state index is 12.1. The summed E-state index contributed by atoms with van der Waals surface area (Å²) in [6.07, 6.45) is 1.31. The van der Waals surface area contributed by atoms with Crippen LogP contribution >= 0.6 is 8.18 Å². The first kappa shape index (κ1) is 15.6. The number of anilines is 1. The Bertz CT molecular complexity index is 578. The quantitative estimate of drug-likeness (QED) is 0.740. The third kappa shape index (κ3) is 3.47. The molecule has 2 rings (SSSR count). The minimum atomic E-state index is -2.83. The number of aromatic nitrogens is 1. The zero-order valence-electron chi connectivity index (χ0n) is 11.7. The summed E-state index contributed by atoms with van der Waals surface area (Å²) in [6.45, 7) is 3.51. The van der Waals surface area contributed by atoms with Gasteiger partial charge in [-0.15, -0.1) is 0 Å². The Morgan fingerprint density at radius 2 is 2.38 bits per heavy atom. The molecule has 0 aliphatic carbocycles. The number of nitrogens with zero attached hydrogens (tertiary/aromatic N) is 2. The van der Waals surface area contributed by atoms with E-state index in [4.69, 9.17) is 9.84 Å². The van der Waals surface area contributed by atoms with Gasteiger partial charge in [-0.1, -0.05) is 0 Å². The van der Waals surface area contributed by atoms with Crippen LogP contribution in [0, 0.1) is 0 Å². The van der Waals surface area contributed by atoms with Crippen LogP contribution in [0.5, 0.6) is 5.88 Å². The van der Waals surface area contributed by atoms with Gasteiger partial charge in [-0.3, -0.25) is 4.79 Å². The van der Waals surface area contributed by atoms with Crippen LogP contribution in [0.2, 0.25) is 0 Å². The highest BCUT2D eigenvalue weighted by atomic mass is 31.1. The van der Waals surface area contributed by atoms with E-state index in [0.29, 0.717) is 0 Å². The van der Waals surface area contributed by atoms with E-state index >= 15 is 0 Å². The van der Waals surface area contributed by atoms with Gasteiger partial charge in [0, 0.05) is 6.20 Å². The Morgan fingerprint density at radius 3 is 3.00 bits per heavy atom. The second-order valence-electron chi connectivity index (χ2n) is 5.25. The maximum absolute atomic E-state index is 12.1. The predicted octanol–water partition coefficient (Wildman–Crippen LogP) is -0.201. The van der Waals surface area contributed by atoms with Crippen molar-refractivity contribution >= 4 is 19.8 Å². The van der Waals surface area contributed by atoms with Crippen LogP contribution in [0.25, 0.3) is 0 Å². The molecule has 2 heterocycles. The van der Waals surface area contributed by atoms with Gasteiger partial charge in [-0.25, -0.2) is 4.98 Å². The molecule has 2 N–H and O–H groups in total. The molecule has 1 aromatic heterocycles. The molecule has 0 bridgehead atoms. The molecule has 1 aliphatic heterocycles. The fourth-order valence-corrected chi connectivity index (χ4v) is 2.36. The average molecular weight is 313 g/mol. The summed E-state index contributed by atoms with van der Waals surface area (Å²) in [4.78, 5) is 27.3. The summed E-state index contributed by atoms with van der Waals surface area (Å²) in [5, 5.41) is 11.8. The number of nitrogens with one attached hydrogen (secondary N) is 1. The van der Waals surface area contributed by atoms with Crippen molar-refractivity contribution in [1.82, 2.24) is 10.3 Å². The number of amides is 1. The highest BCUT2D eigenvalue weighted by Gasteiger charge is 2.29. The van der Waals surface area contributed by atoms with Gasteiger partial charge in [0.25, 0.3) is 5.91 Å². The van der Waals surface area contributed by atoms with E-state index in [1.807, 2.05) is 0 Å². The van der Waals surface area contributed by atoms with Crippen molar-refractivity contribution in [3.63, 3.8) is 0 Å². The van der Waals surface area contributed by atoms with E-state index < -0.39 is 19.6 Å². The van der Waals surface area contributed by atoms with Gasteiger partial charge < -0.3 is 20.1 Å². The molecule has 8 nitrogen and oxygen atoms in total. The Morgan fingerprint density at radius 1 is 1.67 bits per heavy atom. The SMILES string of the molecule is CC(C)(CO)NC(=O)c1cnc2c(c1)N([P+](=O)[O-])CCO2. The first-order chi connectivity index (χ1) is 9.84. The maximum Gasteiger partial charge on any atom is 0.440 e. The van der Waals surface area contributed by atoms with Gasteiger partial charge >= 0.3 is 8.18 Å². The van der Waals surface area contributed by atoms with Gasteiger partial charge in [0.15, 0.2) is 0 Å². The first-order valence-corrected chi connectivity index (χ1v) is 7.45. The van der Waals surface area contributed by atoms with Gasteiger partial charge in [0.2, 0.25) is 5.88 Å². The molecule has 1 aromatic rings. The lowest BCUT2D eigenvalue weighted by molar-refractivity contribution is -0.165. The second kappa shape index (κ2) is 5.93. The molecule has 0 radical (unpaired) electrons. The van der Waals surface area contributed by atoms with Crippen molar-refractivity contribution in [2.75, 3.05) is 24.4 Å². The number of hydrogen-bond acceptors (Lipinski definition) is 6. The number of aliphatic hydroxyl groups is 1. The molecule has 0 fully saturated rings. The summed E-state index contributed by atoms with van der Waals surface area (Å²) in [6, 6.07) is 1.41. The average Bonchev–Trinajstić information content (AvgIpc) is 2.45. The van der Waals surface area contributed by atoms with Crippen LogP contribution in [0.1, 0.15) is 24.2 Å². The van der Waals surface area contributed by atoms with Gasteiger partial charge in [0.05, 0.1) is 24.3 Å². The molecular formula is C12H16N3O5P. The highest BCUT2D eigenvalue weighted by Crippen LogP contribution is 2.36. The van der Waals surface area contributed by atoms with Crippen LogP contribution in [-0.4, -0.2) is 41.3 Å². The van der Waals surface area contributed by atoms with Gasteiger partial charge in [0.1, 0.15) is 12.3 Å². The standard InChI is InChI=1S/C12H16N3O5P/c1-12(2,7-16)14-10(17)8-5-9-11(13-6-8)20-4-3-15(9)21(18)19/h5-6,16H,3-4,7H2,1-2H3,(H,14,17). The lowest BCUT2D eigenvalue weighted by Gasteiger charge is -2.25. The number of fused-ring (bicyclic) bond motifs is 1. The van der Waals surface area contributed by atoms with Crippen molar-refractivity contribution in [3.8, 4) is 5.88 Å². The molecule has 0 saturated carbocycles. The predicted molar refractivity (Wildman–Crippen MR) is 73.3 cm³/mol. The fraction of sp³-hybridized carbons (Fsp3) is 0.500. The number of ether oxygens (including phenoxy) is 1. The van der Waals surface area contributed by atoms with E-state index in [2.05, 4.69) is 10.3 Å². The van der Waals surface area contributed by atoms with Crippen LogP contribution < -0.4 is 19.6 Å². The van der Waals surface area contributed by atoms with E-state index in [9.17, 15) is 14.3 Å². The lowest BCUT2D eigenvalue weighted by atomic mass is 10.1. The topological polar surface area (TPSA) is 115 Å². The van der Waals surface area contributed by atoms with E-state index in [-0.39, 0.29) is 36.9 Å². The Labute approximate surface area is 122 Å². The third-order valence-corrected chi connectivity index (χ3v) is 3.77. The molecule has 21 heavy (non-hydrogen) atoms. The molecular weight excluding hydrogens is 297 g/mol. The molecule has 114 valence electrons. The number of pyridine rings is 1. The number of carbonyl (C=O) groups is 1. The smallest absolute Gasteiger partial charge is 0.440 e. The Kier molecular flexibility index (Phi) is 4.41. The first-order valence-electron chi connectivity index (χ1n) is 6.32. The monoisotopic (exact) mass is 313 g/mol. The van der Waals surface area contributed by atoms with Crippen LogP contribution in [0.3, 0.4) is 0 Å². The van der Waals surface area contributed by atoms with Gasteiger partial charge in [-0.05, 0) is 24.5 Å². The van der Waals surface area contributed by atoms with Gasteiger partial charge in [-0.2, -0.15) is 4.67 Å². The highest BCUT2D eigenvalue weighted by molar-refractivity contribution is 7.38. The number of carbonyl (C=O) groups excluding carboxylic acids is 1. The van der Waals surface area contributed by atoms with E-state index in [0.717, 1.165) is 4.67 Å². The summed E-state index contributed by atoms with van der Waals surface area (Å²) in [5.41, 5.74) is -0.346. The van der Waals surface area contributed by atoms with E-state index in [1.165, 1.54) is 12.3 Å². The van der Waals surface area contributed by atoms with Crippen molar-refractivity contribution < 1.29 is 24.1 Å². The van der Waals surface area contributed by atoms with Crippen LogP contribution in [-0.2, 0) is 4.57 Å². The minimum absolute atomic E-state index is 0.179. The third-order valence-electron chi connectivity index (χ3n) is 2.96. The zero-order chi connectivity index (χ0) is 15.6. The van der Waals surface area contributed by atoms with Crippen molar-refractivity contribution in [2.24, 2.45) is 0 Å². The summed E-state index contributed by atoms with van der Waals surface area (Å²) < 4.78 is 17.6. The number of rotatable bonds is 4. The molecule has 0 spiro atoms. The summed E-state index contributed by atoms with van der Waals surface area (Å²) >= 11 is 0. The zero-order valence-corrected chi connectivity index (χ0v) is 12.6. The van der Waals surface area contributed by atoms with Crippen molar-refractivity contribution in [3.05, 3.63) is 17.8 Å².